The molecule has 2 rings (SSSR count). The number of likely N-dealkylation sites (tertiary alicyclic amines) is 1. The van der Waals surface area contributed by atoms with E-state index in [1.807, 2.05) is 0 Å². The zero-order chi connectivity index (χ0) is 15.1. The number of carboxylic acids is 1. The van der Waals surface area contributed by atoms with E-state index in [0.717, 1.165) is 6.42 Å². The predicted octanol–water partition coefficient (Wildman–Crippen LogP) is 2.17. The highest BCUT2D eigenvalue weighted by atomic mass is 16.4. The van der Waals surface area contributed by atoms with E-state index < -0.39 is 11.9 Å². The maximum Gasteiger partial charge on any atom is 0.317 e. The summed E-state index contributed by atoms with van der Waals surface area (Å²) in [6.45, 7) is 10.6. The van der Waals surface area contributed by atoms with Crippen LogP contribution in [0.5, 0.6) is 0 Å². The first kappa shape index (κ1) is 15.1. The summed E-state index contributed by atoms with van der Waals surface area (Å²) in [7, 11) is 0. The van der Waals surface area contributed by atoms with E-state index in [0.29, 0.717) is 32.0 Å². The van der Waals surface area contributed by atoms with E-state index in [9.17, 15) is 9.59 Å². The molecule has 0 radical (unpaired) electrons. The van der Waals surface area contributed by atoms with E-state index in [-0.39, 0.29) is 16.9 Å². The van der Waals surface area contributed by atoms with Gasteiger partial charge in [-0.05, 0) is 29.6 Å². The monoisotopic (exact) mass is 282 g/mol. The van der Waals surface area contributed by atoms with Crippen molar-refractivity contribution in [2.24, 2.45) is 22.7 Å². The largest absolute Gasteiger partial charge is 0.481 e. The molecule has 1 atom stereocenters. The van der Waals surface area contributed by atoms with Gasteiger partial charge in [0, 0.05) is 19.6 Å². The van der Waals surface area contributed by atoms with Gasteiger partial charge < -0.3 is 15.3 Å². The molecule has 0 spiro atoms. The number of hydrogen-bond acceptors (Lipinski definition) is 2. The normalized spacial score (nSPS) is 28.0. The SMILES string of the molecule is CC1(C)C(CNC(=O)N2CCC[C@@H](C(=O)O)C2)C1(C)C. The number of nitrogens with zero attached hydrogens (tertiary/aromatic N) is 1. The number of carbonyl (C=O) groups excluding carboxylic acids is 1. The van der Waals surface area contributed by atoms with Crippen LogP contribution in [0.15, 0.2) is 0 Å². The zero-order valence-electron chi connectivity index (χ0n) is 12.9. The van der Waals surface area contributed by atoms with E-state index in [1.165, 1.54) is 0 Å². The quantitative estimate of drug-likeness (QED) is 0.833. The van der Waals surface area contributed by atoms with Crippen molar-refractivity contribution >= 4 is 12.0 Å². The molecule has 2 amide bonds. The first-order chi connectivity index (χ1) is 9.18. The molecule has 114 valence electrons. The van der Waals surface area contributed by atoms with Gasteiger partial charge in [0.05, 0.1) is 5.92 Å². The summed E-state index contributed by atoms with van der Waals surface area (Å²) in [4.78, 5) is 24.8. The van der Waals surface area contributed by atoms with Gasteiger partial charge in [0.15, 0.2) is 0 Å². The number of nitrogens with one attached hydrogen (secondary N) is 1. The van der Waals surface area contributed by atoms with E-state index >= 15 is 0 Å². The van der Waals surface area contributed by atoms with Crippen LogP contribution in [0.2, 0.25) is 0 Å². The Morgan fingerprint density at radius 2 is 1.85 bits per heavy atom. The summed E-state index contributed by atoms with van der Waals surface area (Å²) < 4.78 is 0. The lowest BCUT2D eigenvalue weighted by molar-refractivity contribution is -0.143. The highest BCUT2D eigenvalue weighted by Crippen LogP contribution is 2.67. The predicted molar refractivity (Wildman–Crippen MR) is 76.4 cm³/mol. The average Bonchev–Trinajstić information content (AvgIpc) is 2.77. The highest BCUT2D eigenvalue weighted by Gasteiger charge is 2.64. The third kappa shape index (κ3) is 2.50. The summed E-state index contributed by atoms with van der Waals surface area (Å²) in [5.74, 6) is -0.728. The number of hydrogen-bond donors (Lipinski definition) is 2. The van der Waals surface area contributed by atoms with Gasteiger partial charge in [0.25, 0.3) is 0 Å². The molecule has 0 bridgehead atoms. The molecule has 0 aromatic heterocycles. The molecule has 5 heteroatoms. The molecule has 2 fully saturated rings. The van der Waals surface area contributed by atoms with Crippen LogP contribution >= 0.6 is 0 Å². The number of piperidine rings is 1. The number of aliphatic carboxylic acids is 1. The number of rotatable bonds is 3. The summed E-state index contributed by atoms with van der Waals surface area (Å²) in [5.41, 5.74) is 0.511. The molecule has 1 aliphatic carbocycles. The van der Waals surface area contributed by atoms with Crippen LogP contribution in [-0.2, 0) is 4.79 Å². The molecule has 0 unspecified atom stereocenters. The molecule has 0 aromatic rings. The standard InChI is InChI=1S/C15H26N2O3/c1-14(2)11(15(14,3)4)8-16-13(20)17-7-5-6-10(9-17)12(18)19/h10-11H,5-9H2,1-4H3,(H,16,20)(H,18,19)/t10-/m1/s1. The van der Waals surface area contributed by atoms with Gasteiger partial charge in [-0.15, -0.1) is 0 Å². The molecule has 1 aliphatic heterocycles. The van der Waals surface area contributed by atoms with Gasteiger partial charge in [-0.25, -0.2) is 4.79 Å². The Bertz CT molecular complexity index is 403. The molecule has 5 nitrogen and oxygen atoms in total. The first-order valence-corrected chi connectivity index (χ1v) is 7.43. The fourth-order valence-electron chi connectivity index (χ4n) is 3.51. The van der Waals surface area contributed by atoms with E-state index in [1.54, 1.807) is 4.90 Å². The molecule has 2 aliphatic rings. The van der Waals surface area contributed by atoms with Crippen molar-refractivity contribution in [1.29, 1.82) is 0 Å². The molecule has 1 saturated heterocycles. The average molecular weight is 282 g/mol. The van der Waals surface area contributed by atoms with Crippen LogP contribution in [0, 0.1) is 22.7 Å². The fourth-order valence-corrected chi connectivity index (χ4v) is 3.51. The first-order valence-electron chi connectivity index (χ1n) is 7.43. The summed E-state index contributed by atoms with van der Waals surface area (Å²) in [6.07, 6.45) is 1.44. The minimum Gasteiger partial charge on any atom is -0.481 e. The topological polar surface area (TPSA) is 69.6 Å². The lowest BCUT2D eigenvalue weighted by Crippen LogP contribution is -2.47. The zero-order valence-corrected chi connectivity index (χ0v) is 12.9. The molecular formula is C15H26N2O3. The van der Waals surface area contributed by atoms with Crippen LogP contribution in [0.25, 0.3) is 0 Å². The minimum absolute atomic E-state index is 0.116. The Morgan fingerprint density at radius 1 is 1.25 bits per heavy atom. The number of carbonyl (C=O) groups is 2. The third-order valence-corrected chi connectivity index (χ3v) is 5.83. The third-order valence-electron chi connectivity index (χ3n) is 5.83. The number of amides is 2. The Kier molecular flexibility index (Phi) is 3.73. The van der Waals surface area contributed by atoms with Crippen molar-refractivity contribution in [2.75, 3.05) is 19.6 Å². The van der Waals surface area contributed by atoms with Gasteiger partial charge in [-0.2, -0.15) is 0 Å². The van der Waals surface area contributed by atoms with Gasteiger partial charge >= 0.3 is 12.0 Å². The summed E-state index contributed by atoms with van der Waals surface area (Å²) in [5, 5.41) is 12.0. The molecule has 0 aromatic carbocycles. The maximum atomic E-state index is 12.1. The Morgan fingerprint density at radius 3 is 2.35 bits per heavy atom. The summed E-state index contributed by atoms with van der Waals surface area (Å²) in [6, 6.07) is -0.116. The Labute approximate surface area is 120 Å². The van der Waals surface area contributed by atoms with Crippen LogP contribution in [0.1, 0.15) is 40.5 Å². The molecular weight excluding hydrogens is 256 g/mol. The van der Waals surface area contributed by atoms with Gasteiger partial charge in [-0.3, -0.25) is 4.79 Å². The van der Waals surface area contributed by atoms with Crippen molar-refractivity contribution in [3.8, 4) is 0 Å². The number of carboxylic acid groups (broad SMARTS) is 1. The van der Waals surface area contributed by atoms with Crippen LogP contribution < -0.4 is 5.32 Å². The van der Waals surface area contributed by atoms with Crippen LogP contribution in [-0.4, -0.2) is 41.6 Å². The van der Waals surface area contributed by atoms with Gasteiger partial charge in [0.2, 0.25) is 0 Å². The molecule has 20 heavy (non-hydrogen) atoms. The summed E-state index contributed by atoms with van der Waals surface area (Å²) >= 11 is 0. The second-order valence-electron chi connectivity index (χ2n) is 7.31. The van der Waals surface area contributed by atoms with Crippen molar-refractivity contribution in [2.45, 2.75) is 40.5 Å². The van der Waals surface area contributed by atoms with Crippen LogP contribution in [0.4, 0.5) is 4.79 Å². The number of urea groups is 1. The smallest absolute Gasteiger partial charge is 0.317 e. The molecule has 2 N–H and O–H groups in total. The molecule has 1 saturated carbocycles. The minimum atomic E-state index is -0.799. The van der Waals surface area contributed by atoms with Gasteiger partial charge in [-0.1, -0.05) is 27.7 Å². The van der Waals surface area contributed by atoms with E-state index in [4.69, 9.17) is 5.11 Å². The van der Waals surface area contributed by atoms with Crippen molar-refractivity contribution in [3.63, 3.8) is 0 Å². The van der Waals surface area contributed by atoms with Crippen molar-refractivity contribution in [3.05, 3.63) is 0 Å². The highest BCUT2D eigenvalue weighted by molar-refractivity contribution is 5.76. The van der Waals surface area contributed by atoms with Gasteiger partial charge in [0.1, 0.15) is 0 Å². The fraction of sp³-hybridized carbons (Fsp3) is 0.867. The Hall–Kier alpha value is -1.26. The second-order valence-corrected chi connectivity index (χ2v) is 7.31. The second kappa shape index (κ2) is 4.93. The van der Waals surface area contributed by atoms with Crippen LogP contribution in [0.3, 0.4) is 0 Å². The molecule has 1 heterocycles. The van der Waals surface area contributed by atoms with E-state index in [2.05, 4.69) is 33.0 Å². The lowest BCUT2D eigenvalue weighted by Gasteiger charge is -2.30. The van der Waals surface area contributed by atoms with Crippen molar-refractivity contribution < 1.29 is 14.7 Å². The Balaban J connectivity index is 1.83. The lowest BCUT2D eigenvalue weighted by atomic mass is 9.99. The van der Waals surface area contributed by atoms with Crippen molar-refractivity contribution in [1.82, 2.24) is 10.2 Å². The maximum absolute atomic E-state index is 12.1.